The SMILES string of the molecule is Cc1cc(C)cc(Cc2c(C)cc(CC3CCCCC3)cc2C)c1. The third-order valence-corrected chi connectivity index (χ3v) is 5.67. The summed E-state index contributed by atoms with van der Waals surface area (Å²) in [6.45, 7) is 9.00. The van der Waals surface area contributed by atoms with Gasteiger partial charge in [-0.05, 0) is 74.3 Å². The van der Waals surface area contributed by atoms with Crippen LogP contribution in [0.3, 0.4) is 0 Å². The molecule has 0 atom stereocenters. The molecule has 0 heteroatoms. The van der Waals surface area contributed by atoms with E-state index in [0.717, 1.165) is 12.3 Å². The van der Waals surface area contributed by atoms with E-state index in [-0.39, 0.29) is 0 Å². The maximum Gasteiger partial charge on any atom is -0.00203 e. The highest BCUT2D eigenvalue weighted by Crippen LogP contribution is 2.29. The van der Waals surface area contributed by atoms with Crippen LogP contribution in [0.2, 0.25) is 0 Å². The van der Waals surface area contributed by atoms with E-state index in [1.54, 1.807) is 5.56 Å². The van der Waals surface area contributed by atoms with Crippen molar-refractivity contribution in [3.63, 3.8) is 0 Å². The van der Waals surface area contributed by atoms with E-state index in [2.05, 4.69) is 58.0 Å². The molecule has 0 unspecified atom stereocenters. The van der Waals surface area contributed by atoms with Crippen LogP contribution in [0.15, 0.2) is 30.3 Å². The first-order valence-electron chi connectivity index (χ1n) is 9.67. The monoisotopic (exact) mass is 320 g/mol. The normalized spacial score (nSPS) is 15.7. The predicted octanol–water partition coefficient (Wildman–Crippen LogP) is 6.63. The molecular weight excluding hydrogens is 288 g/mol. The fourth-order valence-corrected chi connectivity index (χ4v) is 4.58. The first kappa shape index (κ1) is 17.3. The molecule has 1 aliphatic rings. The van der Waals surface area contributed by atoms with Gasteiger partial charge in [-0.25, -0.2) is 0 Å². The van der Waals surface area contributed by atoms with Gasteiger partial charge in [0.25, 0.3) is 0 Å². The van der Waals surface area contributed by atoms with Gasteiger partial charge in [-0.3, -0.25) is 0 Å². The molecule has 0 nitrogen and oxygen atoms in total. The molecule has 1 aliphatic carbocycles. The second-order valence-electron chi connectivity index (χ2n) is 8.09. The van der Waals surface area contributed by atoms with E-state index in [9.17, 15) is 0 Å². The van der Waals surface area contributed by atoms with E-state index >= 15 is 0 Å². The van der Waals surface area contributed by atoms with Gasteiger partial charge in [0, 0.05) is 0 Å². The van der Waals surface area contributed by atoms with Crippen LogP contribution >= 0.6 is 0 Å². The Balaban J connectivity index is 1.79. The molecule has 1 saturated carbocycles. The van der Waals surface area contributed by atoms with Crippen LogP contribution in [0, 0.1) is 33.6 Å². The van der Waals surface area contributed by atoms with E-state index in [1.165, 1.54) is 71.9 Å². The molecule has 24 heavy (non-hydrogen) atoms. The van der Waals surface area contributed by atoms with Gasteiger partial charge in [0.2, 0.25) is 0 Å². The zero-order valence-electron chi connectivity index (χ0n) is 15.9. The summed E-state index contributed by atoms with van der Waals surface area (Å²) in [4.78, 5) is 0. The first-order chi connectivity index (χ1) is 11.5. The maximum atomic E-state index is 2.46. The molecule has 128 valence electrons. The topological polar surface area (TPSA) is 0 Å². The van der Waals surface area contributed by atoms with Gasteiger partial charge in [0.1, 0.15) is 0 Å². The van der Waals surface area contributed by atoms with Crippen LogP contribution in [0.4, 0.5) is 0 Å². The fourth-order valence-electron chi connectivity index (χ4n) is 4.58. The molecule has 0 saturated heterocycles. The van der Waals surface area contributed by atoms with E-state index in [0.29, 0.717) is 0 Å². The standard InChI is InChI=1S/C24H32/c1-17-10-18(2)12-22(11-17)16-24-19(3)13-23(14-20(24)4)15-21-8-6-5-7-9-21/h10-14,21H,5-9,15-16H2,1-4H3. The largest absolute Gasteiger partial charge is 0.0564 e. The van der Waals surface area contributed by atoms with Crippen LogP contribution in [0.1, 0.15) is 71.0 Å². The molecule has 0 aliphatic heterocycles. The van der Waals surface area contributed by atoms with Crippen LogP contribution in [-0.2, 0) is 12.8 Å². The number of aryl methyl sites for hydroxylation is 4. The molecule has 0 heterocycles. The van der Waals surface area contributed by atoms with Crippen molar-refractivity contribution in [1.29, 1.82) is 0 Å². The smallest absolute Gasteiger partial charge is 0.00203 e. The molecule has 2 aromatic rings. The lowest BCUT2D eigenvalue weighted by Gasteiger charge is -2.22. The van der Waals surface area contributed by atoms with Gasteiger partial charge in [-0.15, -0.1) is 0 Å². The highest BCUT2D eigenvalue weighted by molar-refractivity contribution is 5.42. The Morgan fingerprint density at radius 2 is 1.29 bits per heavy atom. The highest BCUT2D eigenvalue weighted by Gasteiger charge is 2.15. The molecule has 1 fully saturated rings. The van der Waals surface area contributed by atoms with Crippen molar-refractivity contribution in [1.82, 2.24) is 0 Å². The molecule has 0 aromatic heterocycles. The summed E-state index contributed by atoms with van der Waals surface area (Å²) in [6, 6.07) is 11.8. The molecule has 0 radical (unpaired) electrons. The molecular formula is C24H32. The van der Waals surface area contributed by atoms with Crippen LogP contribution in [-0.4, -0.2) is 0 Å². The summed E-state index contributed by atoms with van der Waals surface area (Å²) >= 11 is 0. The van der Waals surface area contributed by atoms with Gasteiger partial charge < -0.3 is 0 Å². The summed E-state index contributed by atoms with van der Waals surface area (Å²) in [6.07, 6.45) is 9.53. The second-order valence-corrected chi connectivity index (χ2v) is 8.09. The lowest BCUT2D eigenvalue weighted by molar-refractivity contribution is 0.356. The number of benzene rings is 2. The highest BCUT2D eigenvalue weighted by atomic mass is 14.2. The van der Waals surface area contributed by atoms with Crippen LogP contribution in [0.25, 0.3) is 0 Å². The summed E-state index contributed by atoms with van der Waals surface area (Å²) in [7, 11) is 0. The zero-order chi connectivity index (χ0) is 17.1. The Morgan fingerprint density at radius 1 is 0.708 bits per heavy atom. The van der Waals surface area contributed by atoms with Crippen molar-refractivity contribution in [2.45, 2.75) is 72.6 Å². The minimum absolute atomic E-state index is 0.919. The average Bonchev–Trinajstić information content (AvgIpc) is 2.51. The van der Waals surface area contributed by atoms with E-state index < -0.39 is 0 Å². The molecule has 2 aromatic carbocycles. The minimum atomic E-state index is 0.919. The predicted molar refractivity (Wildman–Crippen MR) is 105 cm³/mol. The molecule has 0 bridgehead atoms. The van der Waals surface area contributed by atoms with Crippen molar-refractivity contribution >= 4 is 0 Å². The van der Waals surface area contributed by atoms with E-state index in [4.69, 9.17) is 0 Å². The Kier molecular flexibility index (Phi) is 5.43. The van der Waals surface area contributed by atoms with Crippen molar-refractivity contribution in [3.8, 4) is 0 Å². The molecule has 0 N–H and O–H groups in total. The number of rotatable bonds is 4. The Labute approximate surface area is 148 Å². The Morgan fingerprint density at radius 3 is 1.88 bits per heavy atom. The maximum absolute atomic E-state index is 2.46. The zero-order valence-corrected chi connectivity index (χ0v) is 15.9. The van der Waals surface area contributed by atoms with Gasteiger partial charge in [0.15, 0.2) is 0 Å². The summed E-state index contributed by atoms with van der Waals surface area (Å²) in [5.41, 5.74) is 10.2. The van der Waals surface area contributed by atoms with Crippen LogP contribution < -0.4 is 0 Å². The van der Waals surface area contributed by atoms with Crippen LogP contribution in [0.5, 0.6) is 0 Å². The minimum Gasteiger partial charge on any atom is -0.0564 e. The summed E-state index contributed by atoms with van der Waals surface area (Å²) < 4.78 is 0. The Hall–Kier alpha value is -1.56. The number of hydrogen-bond acceptors (Lipinski definition) is 0. The first-order valence-corrected chi connectivity index (χ1v) is 9.67. The van der Waals surface area contributed by atoms with E-state index in [1.807, 2.05) is 0 Å². The molecule has 0 spiro atoms. The van der Waals surface area contributed by atoms with Crippen molar-refractivity contribution in [2.75, 3.05) is 0 Å². The van der Waals surface area contributed by atoms with Gasteiger partial charge in [-0.1, -0.05) is 73.6 Å². The third-order valence-electron chi connectivity index (χ3n) is 5.67. The average molecular weight is 321 g/mol. The second kappa shape index (κ2) is 7.55. The van der Waals surface area contributed by atoms with Gasteiger partial charge in [-0.2, -0.15) is 0 Å². The number of hydrogen-bond donors (Lipinski definition) is 0. The van der Waals surface area contributed by atoms with Crippen molar-refractivity contribution in [3.05, 3.63) is 69.3 Å². The lowest BCUT2D eigenvalue weighted by atomic mass is 9.83. The van der Waals surface area contributed by atoms with Gasteiger partial charge >= 0.3 is 0 Å². The van der Waals surface area contributed by atoms with Crippen molar-refractivity contribution in [2.24, 2.45) is 5.92 Å². The molecule has 3 rings (SSSR count). The summed E-state index contributed by atoms with van der Waals surface area (Å²) in [5, 5.41) is 0. The Bertz CT molecular complexity index is 659. The van der Waals surface area contributed by atoms with Gasteiger partial charge in [0.05, 0.1) is 0 Å². The quantitative estimate of drug-likeness (QED) is 0.593. The fraction of sp³-hybridized carbons (Fsp3) is 0.500. The molecule has 0 amide bonds. The third kappa shape index (κ3) is 4.29. The summed E-state index contributed by atoms with van der Waals surface area (Å²) in [5.74, 6) is 0.919. The lowest BCUT2D eigenvalue weighted by Crippen LogP contribution is -2.10. The van der Waals surface area contributed by atoms with Crippen molar-refractivity contribution < 1.29 is 0 Å².